The molecular formula is C13H19N3O2. The maximum Gasteiger partial charge on any atom is 0.410 e. The summed E-state index contributed by atoms with van der Waals surface area (Å²) in [6, 6.07) is 2.02. The van der Waals surface area contributed by atoms with Crippen molar-refractivity contribution in [3.05, 3.63) is 29.1 Å². The maximum atomic E-state index is 11.8. The van der Waals surface area contributed by atoms with Crippen molar-refractivity contribution in [2.45, 2.75) is 39.4 Å². The Morgan fingerprint density at radius 3 is 3.11 bits per heavy atom. The zero-order chi connectivity index (χ0) is 13.0. The number of pyridine rings is 1. The third kappa shape index (κ3) is 2.79. The second kappa shape index (κ2) is 5.82. The van der Waals surface area contributed by atoms with Crippen molar-refractivity contribution in [2.24, 2.45) is 5.73 Å². The minimum Gasteiger partial charge on any atom is -0.449 e. The summed E-state index contributed by atoms with van der Waals surface area (Å²) in [6.45, 7) is 4.13. The first-order valence-corrected chi connectivity index (χ1v) is 6.33. The summed E-state index contributed by atoms with van der Waals surface area (Å²) in [4.78, 5) is 17.8. The van der Waals surface area contributed by atoms with Crippen LogP contribution in [0, 0.1) is 0 Å². The first-order valence-electron chi connectivity index (χ1n) is 6.33. The van der Waals surface area contributed by atoms with E-state index in [9.17, 15) is 4.79 Å². The van der Waals surface area contributed by atoms with Gasteiger partial charge in [-0.05, 0) is 23.6 Å². The Balaban J connectivity index is 1.94. The smallest absolute Gasteiger partial charge is 0.410 e. The standard InChI is InChI=1S/C13H19N3O2/c1-2-3-4-18-13(17)16-8-11-5-10(6-14)7-15-12(11)9-16/h5,7H,2-4,6,8-9,14H2,1H3. The van der Waals surface area contributed by atoms with Gasteiger partial charge in [-0.2, -0.15) is 0 Å². The van der Waals surface area contributed by atoms with E-state index in [0.29, 0.717) is 26.2 Å². The van der Waals surface area contributed by atoms with Crippen LogP contribution in [0.15, 0.2) is 12.3 Å². The second-order valence-corrected chi connectivity index (χ2v) is 4.48. The van der Waals surface area contributed by atoms with E-state index >= 15 is 0 Å². The lowest BCUT2D eigenvalue weighted by molar-refractivity contribution is 0.100. The minimum absolute atomic E-state index is 0.254. The van der Waals surface area contributed by atoms with Gasteiger partial charge < -0.3 is 10.5 Å². The molecule has 2 heterocycles. The highest BCUT2D eigenvalue weighted by Gasteiger charge is 2.25. The van der Waals surface area contributed by atoms with Gasteiger partial charge in [-0.1, -0.05) is 13.3 Å². The quantitative estimate of drug-likeness (QED) is 0.826. The van der Waals surface area contributed by atoms with Crippen LogP contribution < -0.4 is 5.73 Å². The number of amides is 1. The van der Waals surface area contributed by atoms with Crippen LogP contribution in [-0.4, -0.2) is 22.6 Å². The number of aromatic nitrogens is 1. The third-order valence-electron chi connectivity index (χ3n) is 3.04. The molecule has 5 nitrogen and oxygen atoms in total. The minimum atomic E-state index is -0.254. The molecule has 1 aliphatic heterocycles. The van der Waals surface area contributed by atoms with Gasteiger partial charge in [0.25, 0.3) is 0 Å². The van der Waals surface area contributed by atoms with Crippen LogP contribution in [0.3, 0.4) is 0 Å². The van der Waals surface area contributed by atoms with Crippen molar-refractivity contribution in [3.8, 4) is 0 Å². The van der Waals surface area contributed by atoms with E-state index in [0.717, 1.165) is 29.7 Å². The Kier molecular flexibility index (Phi) is 4.15. The number of hydrogen-bond donors (Lipinski definition) is 1. The topological polar surface area (TPSA) is 68.5 Å². The molecule has 1 aromatic rings. The monoisotopic (exact) mass is 249 g/mol. The van der Waals surface area contributed by atoms with Crippen LogP contribution in [-0.2, 0) is 24.4 Å². The summed E-state index contributed by atoms with van der Waals surface area (Å²) in [5.41, 5.74) is 8.59. The van der Waals surface area contributed by atoms with E-state index in [1.165, 1.54) is 0 Å². The van der Waals surface area contributed by atoms with Crippen LogP contribution in [0.4, 0.5) is 4.79 Å². The van der Waals surface area contributed by atoms with Crippen molar-refractivity contribution in [3.63, 3.8) is 0 Å². The predicted octanol–water partition coefficient (Wildman–Crippen LogP) is 1.79. The Morgan fingerprint density at radius 1 is 1.56 bits per heavy atom. The van der Waals surface area contributed by atoms with Gasteiger partial charge >= 0.3 is 6.09 Å². The molecule has 0 radical (unpaired) electrons. The van der Waals surface area contributed by atoms with Gasteiger partial charge in [-0.15, -0.1) is 0 Å². The SMILES string of the molecule is CCCCOC(=O)N1Cc2cc(CN)cnc2C1. The lowest BCUT2D eigenvalue weighted by atomic mass is 10.2. The molecule has 0 saturated carbocycles. The summed E-state index contributed by atoms with van der Waals surface area (Å²) in [6.07, 6.45) is 3.44. The van der Waals surface area contributed by atoms with Crippen LogP contribution in [0.1, 0.15) is 36.6 Å². The lowest BCUT2D eigenvalue weighted by Crippen LogP contribution is -2.26. The number of fused-ring (bicyclic) bond motifs is 1. The number of nitrogens with two attached hydrogens (primary N) is 1. The molecule has 0 bridgehead atoms. The molecule has 18 heavy (non-hydrogen) atoms. The molecule has 98 valence electrons. The predicted molar refractivity (Wildman–Crippen MR) is 67.6 cm³/mol. The summed E-state index contributed by atoms with van der Waals surface area (Å²) in [7, 11) is 0. The van der Waals surface area contributed by atoms with Crippen LogP contribution >= 0.6 is 0 Å². The normalized spacial score (nSPS) is 13.6. The number of carbonyl (C=O) groups is 1. The molecular weight excluding hydrogens is 230 g/mol. The van der Waals surface area contributed by atoms with Crippen LogP contribution in [0.5, 0.6) is 0 Å². The van der Waals surface area contributed by atoms with Crippen LogP contribution in [0.25, 0.3) is 0 Å². The first kappa shape index (κ1) is 12.8. The van der Waals surface area contributed by atoms with Gasteiger partial charge in [-0.3, -0.25) is 9.88 Å². The molecule has 1 aromatic heterocycles. The lowest BCUT2D eigenvalue weighted by Gasteiger charge is -2.14. The maximum absolute atomic E-state index is 11.8. The Bertz CT molecular complexity index is 434. The van der Waals surface area contributed by atoms with Gasteiger partial charge in [-0.25, -0.2) is 4.79 Å². The van der Waals surface area contributed by atoms with E-state index in [-0.39, 0.29) is 6.09 Å². The van der Waals surface area contributed by atoms with Crippen molar-refractivity contribution < 1.29 is 9.53 Å². The molecule has 0 aliphatic carbocycles. The molecule has 0 aromatic carbocycles. The fraction of sp³-hybridized carbons (Fsp3) is 0.538. The van der Waals surface area contributed by atoms with Crippen molar-refractivity contribution in [2.75, 3.05) is 6.61 Å². The van der Waals surface area contributed by atoms with Crippen molar-refractivity contribution in [1.29, 1.82) is 0 Å². The van der Waals surface area contributed by atoms with E-state index in [1.807, 2.05) is 6.07 Å². The fourth-order valence-electron chi connectivity index (χ4n) is 1.95. The number of rotatable bonds is 4. The second-order valence-electron chi connectivity index (χ2n) is 4.48. The molecule has 0 atom stereocenters. The molecule has 2 rings (SSSR count). The fourth-order valence-corrected chi connectivity index (χ4v) is 1.95. The average Bonchev–Trinajstić information content (AvgIpc) is 2.81. The molecule has 0 fully saturated rings. The van der Waals surface area contributed by atoms with E-state index in [4.69, 9.17) is 10.5 Å². The molecule has 0 spiro atoms. The highest BCUT2D eigenvalue weighted by atomic mass is 16.6. The average molecular weight is 249 g/mol. The summed E-state index contributed by atoms with van der Waals surface area (Å²) >= 11 is 0. The number of nitrogens with zero attached hydrogens (tertiary/aromatic N) is 2. The van der Waals surface area contributed by atoms with E-state index in [1.54, 1.807) is 11.1 Å². The van der Waals surface area contributed by atoms with Gasteiger partial charge in [0.2, 0.25) is 0 Å². The summed E-state index contributed by atoms with van der Waals surface area (Å²) in [5, 5.41) is 0. The Labute approximate surface area is 107 Å². The van der Waals surface area contributed by atoms with Crippen LogP contribution in [0.2, 0.25) is 0 Å². The summed E-state index contributed by atoms with van der Waals surface area (Å²) in [5.74, 6) is 0. The highest BCUT2D eigenvalue weighted by Crippen LogP contribution is 2.22. The molecule has 1 amide bonds. The number of ether oxygens (including phenoxy) is 1. The highest BCUT2D eigenvalue weighted by molar-refractivity contribution is 5.68. The molecule has 0 unspecified atom stereocenters. The van der Waals surface area contributed by atoms with Gasteiger partial charge in [0, 0.05) is 12.7 Å². The number of carbonyl (C=O) groups excluding carboxylic acids is 1. The molecule has 1 aliphatic rings. The van der Waals surface area contributed by atoms with E-state index in [2.05, 4.69) is 11.9 Å². The van der Waals surface area contributed by atoms with Gasteiger partial charge in [0.1, 0.15) is 0 Å². The number of unbranched alkanes of at least 4 members (excludes halogenated alkanes) is 1. The molecule has 5 heteroatoms. The summed E-state index contributed by atoms with van der Waals surface area (Å²) < 4.78 is 5.19. The molecule has 0 saturated heterocycles. The third-order valence-corrected chi connectivity index (χ3v) is 3.04. The van der Waals surface area contributed by atoms with Gasteiger partial charge in [0.05, 0.1) is 25.4 Å². The van der Waals surface area contributed by atoms with Crippen molar-refractivity contribution >= 4 is 6.09 Å². The van der Waals surface area contributed by atoms with E-state index < -0.39 is 0 Å². The largest absolute Gasteiger partial charge is 0.449 e. The van der Waals surface area contributed by atoms with Crippen molar-refractivity contribution in [1.82, 2.24) is 9.88 Å². The molecule has 2 N–H and O–H groups in total. The Hall–Kier alpha value is -1.62. The number of hydrogen-bond acceptors (Lipinski definition) is 4. The zero-order valence-electron chi connectivity index (χ0n) is 10.7. The zero-order valence-corrected chi connectivity index (χ0v) is 10.7. The van der Waals surface area contributed by atoms with Gasteiger partial charge in [0.15, 0.2) is 0 Å². The first-order chi connectivity index (χ1) is 8.74. The Morgan fingerprint density at radius 2 is 2.39 bits per heavy atom.